The summed E-state index contributed by atoms with van der Waals surface area (Å²) in [5.41, 5.74) is 1.16. The highest BCUT2D eigenvalue weighted by molar-refractivity contribution is 5.25. The maximum Gasteiger partial charge on any atom is 0.0288 e. The van der Waals surface area contributed by atoms with E-state index in [0.29, 0.717) is 6.04 Å². The first kappa shape index (κ1) is 18.9. The highest BCUT2D eigenvalue weighted by Gasteiger charge is 1.98. The summed E-state index contributed by atoms with van der Waals surface area (Å²) >= 11 is 0. The molecule has 1 nitrogen and oxygen atoms in total. The first-order valence-corrected chi connectivity index (χ1v) is 5.38. The van der Waals surface area contributed by atoms with Gasteiger partial charge < -0.3 is 5.32 Å². The average Bonchev–Trinajstić information content (AvgIpc) is 2.30. The summed E-state index contributed by atoms with van der Waals surface area (Å²) in [6.07, 6.45) is 5.56. The van der Waals surface area contributed by atoms with Crippen molar-refractivity contribution in [1.82, 2.24) is 5.32 Å². The molecule has 0 fully saturated rings. The van der Waals surface area contributed by atoms with Crippen LogP contribution in [0, 0.1) is 0 Å². The molecule has 1 heteroatoms. The van der Waals surface area contributed by atoms with Gasteiger partial charge in [0.05, 0.1) is 0 Å². The van der Waals surface area contributed by atoms with Crippen molar-refractivity contribution in [3.63, 3.8) is 0 Å². The fourth-order valence-corrected chi connectivity index (χ4v) is 0.692. The summed E-state index contributed by atoms with van der Waals surface area (Å²) in [7, 11) is 1.92. The third-order valence-corrected chi connectivity index (χ3v) is 1.48. The van der Waals surface area contributed by atoms with Gasteiger partial charge >= 0.3 is 0 Å². The van der Waals surface area contributed by atoms with Crippen molar-refractivity contribution in [3.05, 3.63) is 37.0 Å². The molecule has 0 amide bonds. The van der Waals surface area contributed by atoms with Crippen LogP contribution in [0.5, 0.6) is 0 Å². The molecule has 0 aliphatic heterocycles. The molecule has 0 aromatic rings. The van der Waals surface area contributed by atoms with Crippen molar-refractivity contribution >= 4 is 0 Å². The predicted molar refractivity (Wildman–Crippen MR) is 69.7 cm³/mol. The number of nitrogens with one attached hydrogen (secondary N) is 1. The lowest BCUT2D eigenvalue weighted by Crippen LogP contribution is -2.22. The predicted octanol–water partition coefficient (Wildman–Crippen LogP) is 3.95. The minimum atomic E-state index is 0.357. The molecule has 0 rings (SSSR count). The zero-order chi connectivity index (χ0) is 12.0. The van der Waals surface area contributed by atoms with Crippen molar-refractivity contribution in [1.29, 1.82) is 0 Å². The van der Waals surface area contributed by atoms with E-state index in [-0.39, 0.29) is 0 Å². The van der Waals surface area contributed by atoms with Crippen LogP contribution in [0.3, 0.4) is 0 Å². The number of hydrogen-bond donors (Lipinski definition) is 1. The fraction of sp³-hybridized carbons (Fsp3) is 0.538. The van der Waals surface area contributed by atoms with Crippen LogP contribution < -0.4 is 5.32 Å². The van der Waals surface area contributed by atoms with Crippen LogP contribution in [0.1, 0.15) is 34.6 Å². The Morgan fingerprint density at radius 3 is 1.79 bits per heavy atom. The van der Waals surface area contributed by atoms with Crippen LogP contribution in [0.25, 0.3) is 0 Å². The van der Waals surface area contributed by atoms with Crippen molar-refractivity contribution < 1.29 is 0 Å². The zero-order valence-electron chi connectivity index (χ0n) is 10.7. The zero-order valence-corrected chi connectivity index (χ0v) is 10.7. The Bertz CT molecular complexity index is 145. The monoisotopic (exact) mass is 197 g/mol. The van der Waals surface area contributed by atoms with Crippen LogP contribution in [0.4, 0.5) is 0 Å². The van der Waals surface area contributed by atoms with Crippen molar-refractivity contribution in [2.24, 2.45) is 0 Å². The van der Waals surface area contributed by atoms with E-state index < -0.39 is 0 Å². The second-order valence-electron chi connectivity index (χ2n) is 2.12. The average molecular weight is 197 g/mol. The molecule has 14 heavy (non-hydrogen) atoms. The molecule has 0 bridgehead atoms. The Balaban J connectivity index is -0.000000266. The normalized spacial score (nSPS) is 11.1. The van der Waals surface area contributed by atoms with E-state index in [1.165, 1.54) is 0 Å². The first-order chi connectivity index (χ1) is 6.76. The lowest BCUT2D eigenvalue weighted by molar-refractivity contribution is 0.706. The summed E-state index contributed by atoms with van der Waals surface area (Å²) in [6, 6.07) is 0.357. The van der Waals surface area contributed by atoms with E-state index in [0.717, 1.165) is 5.57 Å². The number of allylic oxidation sites excluding steroid dienone is 2. The van der Waals surface area contributed by atoms with Gasteiger partial charge in [0.2, 0.25) is 0 Å². The minimum absolute atomic E-state index is 0.357. The Morgan fingerprint density at radius 2 is 1.57 bits per heavy atom. The van der Waals surface area contributed by atoms with Gasteiger partial charge in [0.1, 0.15) is 0 Å². The molecular formula is C13H27N. The van der Waals surface area contributed by atoms with E-state index in [1.54, 1.807) is 6.08 Å². The second kappa shape index (κ2) is 18.1. The van der Waals surface area contributed by atoms with Gasteiger partial charge in [-0.3, -0.25) is 0 Å². The van der Waals surface area contributed by atoms with Crippen molar-refractivity contribution in [2.75, 3.05) is 7.05 Å². The molecular weight excluding hydrogens is 170 g/mol. The molecule has 0 aliphatic rings. The third kappa shape index (κ3) is 11.2. The topological polar surface area (TPSA) is 12.0 Å². The van der Waals surface area contributed by atoms with Gasteiger partial charge in [0.25, 0.3) is 0 Å². The van der Waals surface area contributed by atoms with E-state index in [1.807, 2.05) is 46.9 Å². The van der Waals surface area contributed by atoms with E-state index in [2.05, 4.69) is 25.4 Å². The van der Waals surface area contributed by atoms with Gasteiger partial charge in [0.15, 0.2) is 0 Å². The number of likely N-dealkylation sites (N-methyl/N-ethyl adjacent to an activating group) is 1. The molecule has 0 saturated heterocycles. The minimum Gasteiger partial charge on any atom is -0.313 e. The fourth-order valence-electron chi connectivity index (χ4n) is 0.692. The van der Waals surface area contributed by atoms with Gasteiger partial charge in [0, 0.05) is 6.04 Å². The molecule has 0 aliphatic carbocycles. The molecule has 84 valence electrons. The van der Waals surface area contributed by atoms with Crippen LogP contribution in [0.2, 0.25) is 0 Å². The maximum absolute atomic E-state index is 3.69. The quantitative estimate of drug-likeness (QED) is 0.673. The van der Waals surface area contributed by atoms with Crippen molar-refractivity contribution in [2.45, 2.75) is 40.7 Å². The van der Waals surface area contributed by atoms with Crippen molar-refractivity contribution in [3.8, 4) is 0 Å². The molecule has 0 aromatic heterocycles. The van der Waals surface area contributed by atoms with E-state index >= 15 is 0 Å². The number of rotatable bonds is 4. The lowest BCUT2D eigenvalue weighted by atomic mass is 10.1. The Kier molecular flexibility index (Phi) is 24.3. The Labute approximate surface area is 90.6 Å². The number of hydrogen-bond acceptors (Lipinski definition) is 1. The molecule has 0 unspecified atom stereocenters. The first-order valence-electron chi connectivity index (χ1n) is 5.38. The van der Waals surface area contributed by atoms with Crippen LogP contribution in [-0.4, -0.2) is 13.1 Å². The summed E-state index contributed by atoms with van der Waals surface area (Å²) in [5, 5.41) is 3.11. The van der Waals surface area contributed by atoms with E-state index in [4.69, 9.17) is 0 Å². The van der Waals surface area contributed by atoms with Gasteiger partial charge in [-0.2, -0.15) is 0 Å². The lowest BCUT2D eigenvalue weighted by Gasteiger charge is -2.09. The summed E-state index contributed by atoms with van der Waals surface area (Å²) in [4.78, 5) is 0. The maximum atomic E-state index is 3.69. The Hall–Kier alpha value is -0.820. The molecule has 0 aromatic carbocycles. The summed E-state index contributed by atoms with van der Waals surface area (Å²) in [5.74, 6) is 0. The molecule has 0 saturated carbocycles. The van der Waals surface area contributed by atoms with Crippen LogP contribution in [-0.2, 0) is 0 Å². The molecule has 0 radical (unpaired) electrons. The SMILES string of the molecule is C=C/C=C(\C=C)[C@H](C)NC.CC.CC. The van der Waals surface area contributed by atoms with Gasteiger partial charge in [-0.1, -0.05) is 59.1 Å². The standard InChI is InChI=1S/C9H15N.2C2H6/c1-5-7-9(6-2)8(3)10-4;2*1-2/h5-8,10H,1-2H2,3-4H3;2*1-2H3/b9-7+;;/t8-;;/m0../s1. The van der Waals surface area contributed by atoms with Gasteiger partial charge in [-0.25, -0.2) is 0 Å². The third-order valence-electron chi connectivity index (χ3n) is 1.48. The molecule has 0 spiro atoms. The van der Waals surface area contributed by atoms with Gasteiger partial charge in [-0.15, -0.1) is 0 Å². The highest BCUT2D eigenvalue weighted by Crippen LogP contribution is 2.01. The van der Waals surface area contributed by atoms with Crippen LogP contribution in [0.15, 0.2) is 37.0 Å². The second-order valence-corrected chi connectivity index (χ2v) is 2.12. The summed E-state index contributed by atoms with van der Waals surface area (Å²) < 4.78 is 0. The molecule has 0 heterocycles. The summed E-state index contributed by atoms with van der Waals surface area (Å²) in [6.45, 7) is 17.4. The van der Waals surface area contributed by atoms with Crippen LogP contribution >= 0.6 is 0 Å². The Morgan fingerprint density at radius 1 is 1.14 bits per heavy atom. The van der Waals surface area contributed by atoms with E-state index in [9.17, 15) is 0 Å². The largest absolute Gasteiger partial charge is 0.313 e. The molecule has 1 N–H and O–H groups in total. The highest BCUT2D eigenvalue weighted by atomic mass is 14.9. The smallest absolute Gasteiger partial charge is 0.0288 e. The van der Waals surface area contributed by atoms with Gasteiger partial charge in [-0.05, 0) is 19.5 Å². The molecule has 1 atom stereocenters.